The van der Waals surface area contributed by atoms with Crippen molar-refractivity contribution in [2.24, 2.45) is 0 Å². The fraction of sp³-hybridized carbons (Fsp3) is 0.300. The predicted molar refractivity (Wildman–Crippen MR) is 87.0 cm³/mol. The van der Waals surface area contributed by atoms with Crippen molar-refractivity contribution < 1.29 is 49.5 Å². The van der Waals surface area contributed by atoms with E-state index in [0.717, 1.165) is 0 Å². The Hall–Kier alpha value is -0.357. The molecule has 119 valence electrons. The van der Waals surface area contributed by atoms with E-state index in [4.69, 9.17) is 0 Å². The van der Waals surface area contributed by atoms with Crippen LogP contribution in [0.3, 0.4) is 0 Å². The van der Waals surface area contributed by atoms with Gasteiger partial charge in [0.25, 0.3) is 0 Å². The molecule has 0 aliphatic heterocycles. The van der Waals surface area contributed by atoms with Crippen molar-refractivity contribution >= 4 is 6.08 Å². The topological polar surface area (TPSA) is 0 Å². The molecular formula is C20H21Cl2Zr. The minimum Gasteiger partial charge on any atom is -1.00 e. The van der Waals surface area contributed by atoms with E-state index in [1.54, 1.807) is 24.7 Å². The van der Waals surface area contributed by atoms with Gasteiger partial charge in [-0.25, -0.2) is 0 Å². The zero-order chi connectivity index (χ0) is 15.2. The molecule has 3 heteroatoms. The van der Waals surface area contributed by atoms with Crippen LogP contribution in [-0.4, -0.2) is 0 Å². The first-order chi connectivity index (χ1) is 9.88. The number of fused-ring (bicyclic) bond motifs is 1. The summed E-state index contributed by atoms with van der Waals surface area (Å²) in [5, 5.41) is 0. The SMILES string of the molecule is CC1=Cc2c(-c3ccc(C(C)(C)C)cc3)cccc2[CH]1[Zr+2].[Cl-].[Cl-]. The number of hydrogen-bond acceptors (Lipinski definition) is 0. The monoisotopic (exact) mass is 421 g/mol. The summed E-state index contributed by atoms with van der Waals surface area (Å²) in [6.45, 7) is 9.04. The summed E-state index contributed by atoms with van der Waals surface area (Å²) in [7, 11) is 0. The zero-order valence-electron chi connectivity index (χ0n) is 14.0. The van der Waals surface area contributed by atoms with Crippen LogP contribution < -0.4 is 24.8 Å². The molecule has 0 spiro atoms. The summed E-state index contributed by atoms with van der Waals surface area (Å²) >= 11 is 1.58. The van der Waals surface area contributed by atoms with Crippen LogP contribution in [0.5, 0.6) is 0 Å². The fourth-order valence-corrected chi connectivity index (χ4v) is 3.78. The van der Waals surface area contributed by atoms with Crippen molar-refractivity contribution in [1.82, 2.24) is 0 Å². The minimum absolute atomic E-state index is 0. The Balaban J connectivity index is 0.00000132. The van der Waals surface area contributed by atoms with Crippen LogP contribution in [0.15, 0.2) is 48.0 Å². The molecular weight excluding hydrogens is 402 g/mol. The maximum Gasteiger partial charge on any atom is -1.00 e. The Labute approximate surface area is 167 Å². The molecule has 0 heterocycles. The van der Waals surface area contributed by atoms with Gasteiger partial charge in [0.1, 0.15) is 0 Å². The number of allylic oxidation sites excluding steroid dienone is 1. The third-order valence-corrected chi connectivity index (χ3v) is 6.22. The molecule has 0 saturated heterocycles. The second kappa shape index (κ2) is 7.68. The van der Waals surface area contributed by atoms with Gasteiger partial charge < -0.3 is 24.8 Å². The van der Waals surface area contributed by atoms with Gasteiger partial charge in [-0.05, 0) is 0 Å². The van der Waals surface area contributed by atoms with Crippen LogP contribution >= 0.6 is 0 Å². The van der Waals surface area contributed by atoms with Crippen LogP contribution in [0.25, 0.3) is 17.2 Å². The van der Waals surface area contributed by atoms with E-state index in [9.17, 15) is 0 Å². The molecule has 0 N–H and O–H groups in total. The van der Waals surface area contributed by atoms with Gasteiger partial charge in [0.15, 0.2) is 0 Å². The molecule has 0 radical (unpaired) electrons. The molecule has 23 heavy (non-hydrogen) atoms. The summed E-state index contributed by atoms with van der Waals surface area (Å²) in [4.78, 5) is 0. The van der Waals surface area contributed by atoms with Gasteiger partial charge in [-0.15, -0.1) is 0 Å². The van der Waals surface area contributed by atoms with Crippen LogP contribution in [0.1, 0.15) is 48.0 Å². The minimum atomic E-state index is 0. The van der Waals surface area contributed by atoms with E-state index in [1.165, 1.54) is 33.4 Å². The van der Waals surface area contributed by atoms with Gasteiger partial charge in [-0.1, -0.05) is 0 Å². The molecule has 0 amide bonds. The maximum atomic E-state index is 2.38. The molecule has 0 nitrogen and oxygen atoms in total. The van der Waals surface area contributed by atoms with Crippen molar-refractivity contribution in [1.29, 1.82) is 0 Å². The van der Waals surface area contributed by atoms with Gasteiger partial charge in [-0.2, -0.15) is 0 Å². The van der Waals surface area contributed by atoms with E-state index in [-0.39, 0.29) is 30.2 Å². The Morgan fingerprint density at radius 2 is 1.52 bits per heavy atom. The molecule has 0 fully saturated rings. The number of rotatable bonds is 1. The summed E-state index contributed by atoms with van der Waals surface area (Å²) in [5.41, 5.74) is 8.74. The first-order valence-corrected chi connectivity index (χ1v) is 8.93. The van der Waals surface area contributed by atoms with E-state index in [2.05, 4.69) is 76.2 Å². The molecule has 1 aliphatic rings. The first-order valence-electron chi connectivity index (χ1n) is 7.51. The standard InChI is InChI=1S/C20H21.2ClH.Zr/c1-14-12-16-6-5-7-18(19(16)13-14)15-8-10-17(11-9-15)20(2,3)4;;;/h5-13H,1-4H3;2*1H;/q;;;+2/p-2. The third kappa shape index (κ3) is 4.01. The van der Waals surface area contributed by atoms with E-state index >= 15 is 0 Å². The van der Waals surface area contributed by atoms with Crippen LogP contribution in [-0.2, 0) is 30.1 Å². The van der Waals surface area contributed by atoms with Gasteiger partial charge in [0.2, 0.25) is 0 Å². The number of benzene rings is 2. The molecule has 1 atom stereocenters. The largest absolute Gasteiger partial charge is 1.00 e. The number of hydrogen-bond donors (Lipinski definition) is 0. The van der Waals surface area contributed by atoms with Crippen LogP contribution in [0.4, 0.5) is 0 Å². The molecule has 0 aromatic heterocycles. The van der Waals surface area contributed by atoms with Crippen molar-refractivity contribution in [3.05, 3.63) is 64.7 Å². The second-order valence-electron chi connectivity index (χ2n) is 6.96. The van der Waals surface area contributed by atoms with Crippen molar-refractivity contribution in [3.63, 3.8) is 0 Å². The maximum absolute atomic E-state index is 2.38. The van der Waals surface area contributed by atoms with Crippen molar-refractivity contribution in [2.75, 3.05) is 0 Å². The Morgan fingerprint density at radius 1 is 0.913 bits per heavy atom. The molecule has 0 saturated carbocycles. The molecule has 0 bridgehead atoms. The molecule has 2 aromatic rings. The smallest absolute Gasteiger partial charge is 1.00 e. The predicted octanol–water partition coefficient (Wildman–Crippen LogP) is -0.336. The van der Waals surface area contributed by atoms with Crippen LogP contribution in [0.2, 0.25) is 0 Å². The molecule has 1 aliphatic carbocycles. The first kappa shape index (κ1) is 20.7. The van der Waals surface area contributed by atoms with Crippen molar-refractivity contribution in [3.8, 4) is 11.1 Å². The van der Waals surface area contributed by atoms with Gasteiger partial charge in [0.05, 0.1) is 0 Å². The van der Waals surface area contributed by atoms with Gasteiger partial charge in [-0.3, -0.25) is 0 Å². The number of halogens is 2. The van der Waals surface area contributed by atoms with Gasteiger partial charge in [0, 0.05) is 0 Å². The second-order valence-corrected chi connectivity index (χ2v) is 8.38. The quantitative estimate of drug-likeness (QED) is 0.589. The Bertz CT molecular complexity index is 709. The normalized spacial score (nSPS) is 16.1. The van der Waals surface area contributed by atoms with Crippen LogP contribution in [0, 0.1) is 0 Å². The summed E-state index contributed by atoms with van der Waals surface area (Å²) in [5.74, 6) is 0. The average Bonchev–Trinajstić information content (AvgIpc) is 2.74. The molecule has 2 aromatic carbocycles. The Morgan fingerprint density at radius 3 is 2.09 bits per heavy atom. The third-order valence-electron chi connectivity index (χ3n) is 4.34. The van der Waals surface area contributed by atoms with E-state index in [1.807, 2.05) is 0 Å². The average molecular weight is 424 g/mol. The van der Waals surface area contributed by atoms with E-state index < -0.39 is 0 Å². The summed E-state index contributed by atoms with van der Waals surface area (Å²) in [6, 6.07) is 15.8. The summed E-state index contributed by atoms with van der Waals surface area (Å²) in [6.07, 6.45) is 2.38. The zero-order valence-corrected chi connectivity index (χ0v) is 17.9. The van der Waals surface area contributed by atoms with Gasteiger partial charge >= 0.3 is 143 Å². The molecule has 1 unspecified atom stereocenters. The summed E-state index contributed by atoms with van der Waals surface area (Å²) < 4.78 is 0.640. The Kier molecular flexibility index (Phi) is 6.91. The molecule has 3 rings (SSSR count). The van der Waals surface area contributed by atoms with Crippen molar-refractivity contribution in [2.45, 2.75) is 36.7 Å². The van der Waals surface area contributed by atoms with E-state index in [0.29, 0.717) is 3.63 Å². The fourth-order valence-electron chi connectivity index (χ4n) is 2.95.